The van der Waals surface area contributed by atoms with Crippen LogP contribution >= 0.6 is 11.6 Å². The van der Waals surface area contributed by atoms with Gasteiger partial charge in [-0.1, -0.05) is 36.2 Å². The van der Waals surface area contributed by atoms with Crippen molar-refractivity contribution >= 4 is 34.4 Å². The van der Waals surface area contributed by atoms with Crippen LogP contribution in [0.1, 0.15) is 37.7 Å². The fourth-order valence-corrected chi connectivity index (χ4v) is 5.02. The van der Waals surface area contributed by atoms with Crippen molar-refractivity contribution in [2.75, 3.05) is 36.4 Å². The van der Waals surface area contributed by atoms with Gasteiger partial charge in [0, 0.05) is 37.7 Å². The molecule has 2 saturated heterocycles. The van der Waals surface area contributed by atoms with Gasteiger partial charge in [-0.3, -0.25) is 4.68 Å². The van der Waals surface area contributed by atoms with Crippen LogP contribution in [0.4, 0.5) is 11.8 Å². The van der Waals surface area contributed by atoms with Gasteiger partial charge in [-0.2, -0.15) is 15.1 Å². The number of anilines is 2. The van der Waals surface area contributed by atoms with E-state index in [0.717, 1.165) is 46.5 Å². The smallest absolute Gasteiger partial charge is 0.229 e. The van der Waals surface area contributed by atoms with Crippen molar-refractivity contribution in [2.24, 2.45) is 7.05 Å². The van der Waals surface area contributed by atoms with Gasteiger partial charge in [0.1, 0.15) is 5.82 Å². The molecular weight excluding hydrogens is 410 g/mol. The van der Waals surface area contributed by atoms with Crippen LogP contribution in [0.5, 0.6) is 0 Å². The molecule has 2 fully saturated rings. The van der Waals surface area contributed by atoms with Gasteiger partial charge in [0.05, 0.1) is 11.6 Å². The van der Waals surface area contributed by atoms with Gasteiger partial charge in [-0.05, 0) is 50.4 Å². The summed E-state index contributed by atoms with van der Waals surface area (Å²) < 4.78 is 1.82. The molecule has 164 valence electrons. The normalized spacial score (nSPS) is 18.6. The Morgan fingerprint density at radius 2 is 1.81 bits per heavy atom. The van der Waals surface area contributed by atoms with E-state index in [1.165, 1.54) is 45.2 Å². The third-order valence-corrected chi connectivity index (χ3v) is 7.01. The summed E-state index contributed by atoms with van der Waals surface area (Å²) in [5.74, 6) is 1.60. The summed E-state index contributed by atoms with van der Waals surface area (Å²) in [6, 6.07) is 8.59. The number of piperidine rings is 2. The zero-order valence-corrected chi connectivity index (χ0v) is 18.9. The van der Waals surface area contributed by atoms with Gasteiger partial charge in [0.15, 0.2) is 5.65 Å². The highest BCUT2D eigenvalue weighted by Gasteiger charge is 2.27. The Kier molecular flexibility index (Phi) is 5.96. The standard InChI is InChI=1S/C23H30ClN7/c1-29-22-19(16-26-29)21(25-15-17-7-3-4-8-20(17)24)27-23(28-22)31-13-9-18(10-14-31)30-11-5-2-6-12-30/h3-4,7-8,16,18H,2,5-6,9-15H2,1H3,(H,25,27,28). The van der Waals surface area contributed by atoms with E-state index in [-0.39, 0.29) is 0 Å². The number of nitrogens with zero attached hydrogens (tertiary/aromatic N) is 6. The molecule has 2 aliphatic rings. The zero-order chi connectivity index (χ0) is 21.2. The molecule has 7 nitrogen and oxygen atoms in total. The van der Waals surface area contributed by atoms with Crippen molar-refractivity contribution in [1.82, 2.24) is 24.6 Å². The molecule has 4 heterocycles. The molecule has 1 N–H and O–H groups in total. The number of benzene rings is 1. The van der Waals surface area contributed by atoms with Gasteiger partial charge in [-0.15, -0.1) is 0 Å². The molecule has 0 bridgehead atoms. The first-order valence-corrected chi connectivity index (χ1v) is 11.7. The molecule has 5 rings (SSSR count). The van der Waals surface area contributed by atoms with Crippen LogP contribution in [-0.2, 0) is 13.6 Å². The average molecular weight is 440 g/mol. The van der Waals surface area contributed by atoms with Crippen LogP contribution in [0.2, 0.25) is 5.02 Å². The average Bonchev–Trinajstić information content (AvgIpc) is 3.20. The van der Waals surface area contributed by atoms with Crippen LogP contribution in [0.3, 0.4) is 0 Å². The SMILES string of the molecule is Cn1ncc2c(NCc3ccccc3Cl)nc(N3CCC(N4CCCCC4)CC3)nc21. The first-order valence-electron chi connectivity index (χ1n) is 11.3. The summed E-state index contributed by atoms with van der Waals surface area (Å²) in [5, 5.41) is 9.57. The molecule has 1 aromatic carbocycles. The van der Waals surface area contributed by atoms with Crippen molar-refractivity contribution in [1.29, 1.82) is 0 Å². The minimum absolute atomic E-state index is 0.608. The minimum atomic E-state index is 0.608. The number of aryl methyl sites for hydroxylation is 1. The number of hydrogen-bond donors (Lipinski definition) is 1. The van der Waals surface area contributed by atoms with E-state index in [1.807, 2.05) is 42.2 Å². The number of fused-ring (bicyclic) bond motifs is 1. The van der Waals surface area contributed by atoms with Crippen molar-refractivity contribution in [3.8, 4) is 0 Å². The summed E-state index contributed by atoms with van der Waals surface area (Å²) in [5.41, 5.74) is 1.90. The molecule has 0 unspecified atom stereocenters. The van der Waals surface area contributed by atoms with Crippen molar-refractivity contribution in [3.63, 3.8) is 0 Å². The van der Waals surface area contributed by atoms with Gasteiger partial charge in [0.25, 0.3) is 0 Å². The fourth-order valence-electron chi connectivity index (χ4n) is 4.82. The van der Waals surface area contributed by atoms with Crippen LogP contribution in [0.15, 0.2) is 30.5 Å². The van der Waals surface area contributed by atoms with Crippen LogP contribution < -0.4 is 10.2 Å². The van der Waals surface area contributed by atoms with E-state index in [9.17, 15) is 0 Å². The highest BCUT2D eigenvalue weighted by molar-refractivity contribution is 6.31. The number of nitrogens with one attached hydrogen (secondary N) is 1. The highest BCUT2D eigenvalue weighted by atomic mass is 35.5. The Morgan fingerprint density at radius 3 is 2.58 bits per heavy atom. The predicted octanol–water partition coefficient (Wildman–Crippen LogP) is 4.08. The molecular formula is C23H30ClN7. The largest absolute Gasteiger partial charge is 0.365 e. The second kappa shape index (κ2) is 9.01. The van der Waals surface area contributed by atoms with Crippen molar-refractivity contribution in [2.45, 2.75) is 44.7 Å². The summed E-state index contributed by atoms with van der Waals surface area (Å²) in [7, 11) is 1.93. The second-order valence-electron chi connectivity index (χ2n) is 8.64. The van der Waals surface area contributed by atoms with Crippen molar-refractivity contribution < 1.29 is 0 Å². The van der Waals surface area contributed by atoms with E-state index < -0.39 is 0 Å². The second-order valence-corrected chi connectivity index (χ2v) is 9.04. The van der Waals surface area contributed by atoms with E-state index in [2.05, 4.69) is 20.2 Å². The third kappa shape index (κ3) is 4.34. The lowest BCUT2D eigenvalue weighted by Gasteiger charge is -2.40. The highest BCUT2D eigenvalue weighted by Crippen LogP contribution is 2.27. The van der Waals surface area contributed by atoms with Gasteiger partial charge < -0.3 is 15.1 Å². The fraction of sp³-hybridized carbons (Fsp3) is 0.522. The molecule has 8 heteroatoms. The van der Waals surface area contributed by atoms with Gasteiger partial charge in [-0.25, -0.2) is 0 Å². The Bertz CT molecular complexity index is 1040. The van der Waals surface area contributed by atoms with Crippen LogP contribution in [0, 0.1) is 0 Å². The third-order valence-electron chi connectivity index (χ3n) is 6.64. The first kappa shape index (κ1) is 20.5. The number of hydrogen-bond acceptors (Lipinski definition) is 6. The molecule has 0 atom stereocenters. The lowest BCUT2D eigenvalue weighted by atomic mass is 10.0. The lowest BCUT2D eigenvalue weighted by molar-refractivity contribution is 0.141. The predicted molar refractivity (Wildman–Crippen MR) is 126 cm³/mol. The maximum absolute atomic E-state index is 6.34. The zero-order valence-electron chi connectivity index (χ0n) is 18.1. The van der Waals surface area contributed by atoms with E-state index in [4.69, 9.17) is 21.6 Å². The first-order chi connectivity index (χ1) is 15.2. The van der Waals surface area contributed by atoms with E-state index >= 15 is 0 Å². The molecule has 0 amide bonds. The maximum Gasteiger partial charge on any atom is 0.229 e. The monoisotopic (exact) mass is 439 g/mol. The quantitative estimate of drug-likeness (QED) is 0.646. The summed E-state index contributed by atoms with van der Waals surface area (Å²) in [6.07, 6.45) is 8.26. The number of halogens is 1. The van der Waals surface area contributed by atoms with E-state index in [0.29, 0.717) is 12.6 Å². The van der Waals surface area contributed by atoms with E-state index in [1.54, 1.807) is 0 Å². The number of likely N-dealkylation sites (tertiary alicyclic amines) is 1. The number of rotatable bonds is 5. The molecule has 2 aliphatic heterocycles. The van der Waals surface area contributed by atoms with Crippen LogP contribution in [0.25, 0.3) is 11.0 Å². The summed E-state index contributed by atoms with van der Waals surface area (Å²) in [6.45, 7) is 5.12. The Morgan fingerprint density at radius 1 is 1.03 bits per heavy atom. The Balaban J connectivity index is 1.34. The molecule has 3 aromatic rings. The number of aromatic nitrogens is 4. The molecule has 0 aliphatic carbocycles. The summed E-state index contributed by atoms with van der Waals surface area (Å²) in [4.78, 5) is 14.8. The topological polar surface area (TPSA) is 62.1 Å². The minimum Gasteiger partial charge on any atom is -0.365 e. The Labute approximate surface area is 188 Å². The molecule has 31 heavy (non-hydrogen) atoms. The maximum atomic E-state index is 6.34. The van der Waals surface area contributed by atoms with Crippen LogP contribution in [-0.4, -0.2) is 56.9 Å². The molecule has 0 spiro atoms. The molecule has 2 aromatic heterocycles. The van der Waals surface area contributed by atoms with Gasteiger partial charge >= 0.3 is 0 Å². The van der Waals surface area contributed by atoms with Crippen molar-refractivity contribution in [3.05, 3.63) is 41.0 Å². The lowest BCUT2D eigenvalue weighted by Crippen LogP contribution is -2.47. The molecule has 0 saturated carbocycles. The summed E-state index contributed by atoms with van der Waals surface area (Å²) >= 11 is 6.34. The molecule has 0 radical (unpaired) electrons. The Hall–Kier alpha value is -2.38. The van der Waals surface area contributed by atoms with Gasteiger partial charge in [0.2, 0.25) is 5.95 Å².